The number of anilines is 2. The summed E-state index contributed by atoms with van der Waals surface area (Å²) in [4.78, 5) is 76.7. The molecule has 0 aliphatic carbocycles. The standard InChI is InChI=1S/C67H118N12O8S/c1-4-7-10-12-14-16-18-20-22-24-26-28-30-36-59(81)86-51-56(87-60(82)37-31-29-27-25-23-21-19-17-15-13-11-8-5-2)52-88-53-57(68)65(84)73-48-35-45-71-43-33-32-42-70-44-34-47-72-58(80)49-75-64(83)55-40-38-54(39-41-55)50-79-63-61(76-67(79)85)62(69)77-66(78-63)74-46-9-6-3/h38-41,56-57,70-71H,4-37,42-53,68H2,1-3H3,(H,72,80)(H,73,84)(H,75,83)(H,76,85)(H3,69,74,77,78)/t56?,57-/m0/s1. The van der Waals surface area contributed by atoms with E-state index in [0.29, 0.717) is 66.7 Å². The first-order chi connectivity index (χ1) is 42.9. The lowest BCUT2D eigenvalue weighted by Crippen LogP contribution is -2.43. The number of hydrogen-bond acceptors (Lipinski definition) is 17. The lowest BCUT2D eigenvalue weighted by atomic mass is 10.0. The van der Waals surface area contributed by atoms with Crippen molar-refractivity contribution in [1.82, 2.24) is 46.1 Å². The van der Waals surface area contributed by atoms with Crippen molar-refractivity contribution in [3.05, 3.63) is 35.4 Å². The number of amides is 3. The summed E-state index contributed by atoms with van der Waals surface area (Å²) in [6.07, 6.45) is 37.7. The number of nitrogens with two attached hydrogens (primary N) is 2. The maximum absolute atomic E-state index is 13.0. The Morgan fingerprint density at radius 2 is 1.06 bits per heavy atom. The van der Waals surface area contributed by atoms with E-state index in [1.807, 2.05) is 0 Å². The zero-order valence-corrected chi connectivity index (χ0v) is 55.5. The van der Waals surface area contributed by atoms with E-state index in [-0.39, 0.29) is 61.2 Å². The Morgan fingerprint density at radius 3 is 1.60 bits per heavy atom. The number of ether oxygens (including phenoxy) is 2. The zero-order valence-electron chi connectivity index (χ0n) is 54.6. The van der Waals surface area contributed by atoms with Crippen LogP contribution in [0.5, 0.6) is 6.01 Å². The Morgan fingerprint density at radius 1 is 0.557 bits per heavy atom. The first-order valence-electron chi connectivity index (χ1n) is 34.4. The number of esters is 2. The third kappa shape index (κ3) is 37.7. The Labute approximate surface area is 533 Å². The van der Waals surface area contributed by atoms with E-state index >= 15 is 0 Å². The average Bonchev–Trinajstić information content (AvgIpc) is 3.58. The second kappa shape index (κ2) is 51.5. The number of carbonyl (C=O) groups excluding carboxylic acids is 5. The van der Waals surface area contributed by atoms with Crippen molar-refractivity contribution in [1.29, 1.82) is 0 Å². The minimum absolute atomic E-state index is 0.00241. The van der Waals surface area contributed by atoms with E-state index in [1.54, 1.807) is 24.3 Å². The summed E-state index contributed by atoms with van der Waals surface area (Å²) in [6.45, 7) is 11.6. The molecule has 0 aliphatic rings. The molecule has 3 rings (SSSR count). The molecule has 0 spiro atoms. The number of unbranched alkanes of at least 4 members (excludes halogenated alkanes) is 26. The predicted octanol–water partition coefficient (Wildman–Crippen LogP) is 11.6. The molecule has 21 heteroatoms. The van der Waals surface area contributed by atoms with Gasteiger partial charge < -0.3 is 57.9 Å². The van der Waals surface area contributed by atoms with Crippen molar-refractivity contribution < 1.29 is 38.6 Å². The van der Waals surface area contributed by atoms with Crippen LogP contribution in [0.3, 0.4) is 0 Å². The zero-order chi connectivity index (χ0) is 63.5. The third-order valence-electron chi connectivity index (χ3n) is 15.7. The van der Waals surface area contributed by atoms with Crippen LogP contribution >= 0.6 is 11.8 Å². The first kappa shape index (κ1) is 77.0. The molecule has 2 aromatic heterocycles. The van der Waals surface area contributed by atoms with Gasteiger partial charge in [-0.2, -0.15) is 26.7 Å². The highest BCUT2D eigenvalue weighted by atomic mass is 32.2. The molecule has 1 aromatic carbocycles. The Balaban J connectivity index is 1.21. The normalized spacial score (nSPS) is 12.0. The molecule has 2 heterocycles. The number of rotatable bonds is 58. The molecule has 0 bridgehead atoms. The minimum Gasteiger partial charge on any atom is -0.480 e. The number of aromatic hydroxyl groups is 1. The Hall–Kier alpha value is -5.25. The first-order valence-corrected chi connectivity index (χ1v) is 35.6. The Bertz CT molecular complexity index is 2310. The topological polar surface area (TPSA) is 292 Å². The molecule has 1 unspecified atom stereocenters. The smallest absolute Gasteiger partial charge is 0.306 e. The van der Waals surface area contributed by atoms with Crippen LogP contribution in [0.1, 0.15) is 255 Å². The molecule has 11 N–H and O–H groups in total. The van der Waals surface area contributed by atoms with E-state index in [9.17, 15) is 29.1 Å². The third-order valence-corrected chi connectivity index (χ3v) is 16.9. The number of aromatic nitrogens is 4. The van der Waals surface area contributed by atoms with Gasteiger partial charge in [0.25, 0.3) is 11.9 Å². The molecule has 500 valence electrons. The lowest BCUT2D eigenvalue weighted by molar-refractivity contribution is -0.157. The molecule has 3 aromatic rings. The van der Waals surface area contributed by atoms with Gasteiger partial charge in [-0.05, 0) is 88.8 Å². The van der Waals surface area contributed by atoms with Crippen molar-refractivity contribution in [2.75, 3.05) is 81.5 Å². The number of benzene rings is 1. The van der Waals surface area contributed by atoms with Crippen LogP contribution in [0.2, 0.25) is 0 Å². The number of nitrogen functional groups attached to an aromatic ring is 1. The molecule has 88 heavy (non-hydrogen) atoms. The largest absolute Gasteiger partial charge is 0.480 e. The van der Waals surface area contributed by atoms with Crippen LogP contribution in [0.15, 0.2) is 24.3 Å². The summed E-state index contributed by atoms with van der Waals surface area (Å²) < 4.78 is 13.0. The number of nitrogens with zero attached hydrogens (tertiary/aromatic N) is 4. The van der Waals surface area contributed by atoms with Gasteiger partial charge in [0.2, 0.25) is 17.8 Å². The van der Waals surface area contributed by atoms with Crippen molar-refractivity contribution in [3.63, 3.8) is 0 Å². The fourth-order valence-electron chi connectivity index (χ4n) is 10.2. The van der Waals surface area contributed by atoms with Crippen molar-refractivity contribution >= 4 is 64.4 Å². The molecule has 0 radical (unpaired) electrons. The quantitative estimate of drug-likeness (QED) is 0.0187. The van der Waals surface area contributed by atoms with Gasteiger partial charge in [-0.1, -0.05) is 193 Å². The molecular formula is C67H118N12O8S. The van der Waals surface area contributed by atoms with Crippen molar-refractivity contribution in [2.24, 2.45) is 5.73 Å². The minimum atomic E-state index is -0.724. The number of imidazole rings is 1. The van der Waals surface area contributed by atoms with Crippen LogP contribution in [0.25, 0.3) is 11.2 Å². The number of carbonyl (C=O) groups is 5. The number of hydrogen-bond donors (Lipinski definition) is 9. The highest BCUT2D eigenvalue weighted by molar-refractivity contribution is 7.99. The summed E-state index contributed by atoms with van der Waals surface area (Å²) in [7, 11) is 0. The van der Waals surface area contributed by atoms with E-state index in [4.69, 9.17) is 20.9 Å². The molecule has 0 aliphatic heterocycles. The number of nitrogens with one attached hydrogen (secondary N) is 6. The maximum atomic E-state index is 13.0. The molecule has 3 amide bonds. The van der Waals surface area contributed by atoms with E-state index in [1.165, 1.54) is 145 Å². The molecule has 0 fully saturated rings. The lowest BCUT2D eigenvalue weighted by Gasteiger charge is -2.19. The molecule has 0 saturated heterocycles. The number of thioether (sulfide) groups is 1. The van der Waals surface area contributed by atoms with Crippen LogP contribution in [0, 0.1) is 0 Å². The van der Waals surface area contributed by atoms with E-state index in [0.717, 1.165) is 109 Å². The highest BCUT2D eigenvalue weighted by Gasteiger charge is 2.21. The van der Waals surface area contributed by atoms with Gasteiger partial charge in [0.1, 0.15) is 12.7 Å². The van der Waals surface area contributed by atoms with Crippen molar-refractivity contribution in [3.8, 4) is 6.01 Å². The summed E-state index contributed by atoms with van der Waals surface area (Å²) in [5.74, 6) is -0.154. The van der Waals surface area contributed by atoms with Gasteiger partial charge in [0.05, 0.1) is 19.1 Å². The molecule has 0 saturated carbocycles. The predicted molar refractivity (Wildman–Crippen MR) is 360 cm³/mol. The monoisotopic (exact) mass is 1250 g/mol. The number of fused-ring (bicyclic) bond motifs is 1. The van der Waals surface area contributed by atoms with Crippen molar-refractivity contribution in [2.45, 2.75) is 258 Å². The summed E-state index contributed by atoms with van der Waals surface area (Å²) in [6, 6.07) is 5.89. The van der Waals surface area contributed by atoms with Gasteiger partial charge in [0, 0.05) is 49.5 Å². The summed E-state index contributed by atoms with van der Waals surface area (Å²) in [5.41, 5.74) is 14.3. The second-order valence-electron chi connectivity index (χ2n) is 23.7. The fourth-order valence-corrected chi connectivity index (χ4v) is 11.2. The molecular weight excluding hydrogens is 1130 g/mol. The van der Waals surface area contributed by atoms with E-state index in [2.05, 4.69) is 67.6 Å². The van der Waals surface area contributed by atoms with E-state index < -0.39 is 12.1 Å². The molecule has 2 atom stereocenters. The molecule has 20 nitrogen and oxygen atoms in total. The SMILES string of the molecule is CCCCCCCCCCCCCCCC(=O)OCC(CSC[C@H](N)C(=O)NCCCNCCCCNCCCNC(=O)CNC(=O)c1ccc(Cn2c(O)nc3c(N)nc(NCCCC)nc32)cc1)OC(=O)CCCCCCCCCCCCCCC. The average molecular weight is 1250 g/mol. The highest BCUT2D eigenvalue weighted by Crippen LogP contribution is 2.26. The van der Waals surface area contributed by atoms with Gasteiger partial charge in [-0.3, -0.25) is 28.5 Å². The van der Waals surface area contributed by atoms with Gasteiger partial charge in [0.15, 0.2) is 17.0 Å². The maximum Gasteiger partial charge on any atom is 0.306 e. The van der Waals surface area contributed by atoms with Crippen LogP contribution in [-0.4, -0.2) is 137 Å². The van der Waals surface area contributed by atoms with Gasteiger partial charge >= 0.3 is 11.9 Å². The van der Waals surface area contributed by atoms with Crippen LogP contribution in [0.4, 0.5) is 11.8 Å². The second-order valence-corrected chi connectivity index (χ2v) is 24.8. The Kier molecular flexibility index (Phi) is 45.0. The fraction of sp³-hybridized carbons (Fsp3) is 0.761. The van der Waals surface area contributed by atoms with Crippen LogP contribution in [-0.2, 0) is 35.2 Å². The summed E-state index contributed by atoms with van der Waals surface area (Å²) in [5, 5.41) is 29.0. The van der Waals surface area contributed by atoms with Gasteiger partial charge in [-0.15, -0.1) is 0 Å². The summed E-state index contributed by atoms with van der Waals surface area (Å²) >= 11 is 1.43. The van der Waals surface area contributed by atoms with Crippen LogP contribution < -0.4 is 43.4 Å². The van der Waals surface area contributed by atoms with Gasteiger partial charge in [-0.25, -0.2) is 0 Å².